The highest BCUT2D eigenvalue weighted by atomic mass is 32.2. The number of nitrogens with zero attached hydrogens (tertiary/aromatic N) is 2. The predicted octanol–water partition coefficient (Wildman–Crippen LogP) is 3.14. The van der Waals surface area contributed by atoms with E-state index in [9.17, 15) is 9.90 Å². The van der Waals surface area contributed by atoms with Crippen LogP contribution in [0.4, 0.5) is 0 Å². The fourth-order valence-electron chi connectivity index (χ4n) is 2.71. The average molecular weight is 282 g/mol. The monoisotopic (exact) mass is 282 g/mol. The van der Waals surface area contributed by atoms with E-state index in [0.717, 1.165) is 37.1 Å². The van der Waals surface area contributed by atoms with Crippen molar-refractivity contribution in [2.45, 2.75) is 56.7 Å². The molecular formula is C14H22N2O2S. The van der Waals surface area contributed by atoms with E-state index in [2.05, 4.69) is 18.9 Å². The van der Waals surface area contributed by atoms with Crippen LogP contribution in [0.5, 0.6) is 0 Å². The van der Waals surface area contributed by atoms with E-state index >= 15 is 0 Å². The highest BCUT2D eigenvalue weighted by molar-refractivity contribution is 8.01. The maximum absolute atomic E-state index is 11.5. The van der Waals surface area contributed by atoms with Gasteiger partial charge in [0.1, 0.15) is 4.75 Å². The first-order chi connectivity index (χ1) is 9.11. The second-order valence-electron chi connectivity index (χ2n) is 5.19. The summed E-state index contributed by atoms with van der Waals surface area (Å²) in [4.78, 5) is 11.5. The number of aliphatic carboxylic acids is 1. The second-order valence-corrected chi connectivity index (χ2v) is 6.66. The van der Waals surface area contributed by atoms with E-state index in [1.54, 1.807) is 11.8 Å². The lowest BCUT2D eigenvalue weighted by Gasteiger charge is -2.21. The SMILES string of the molecule is CCC(CC)n1ccc(CC2(C(=O)O)CCCS2)n1. The Morgan fingerprint density at radius 2 is 2.32 bits per heavy atom. The molecular weight excluding hydrogens is 260 g/mol. The molecule has 1 saturated heterocycles. The highest BCUT2D eigenvalue weighted by Crippen LogP contribution is 2.40. The molecule has 5 heteroatoms. The van der Waals surface area contributed by atoms with Crippen molar-refractivity contribution in [3.05, 3.63) is 18.0 Å². The van der Waals surface area contributed by atoms with Gasteiger partial charge in [-0.1, -0.05) is 13.8 Å². The summed E-state index contributed by atoms with van der Waals surface area (Å²) in [6, 6.07) is 2.40. The van der Waals surface area contributed by atoms with Crippen molar-refractivity contribution in [3.8, 4) is 0 Å². The summed E-state index contributed by atoms with van der Waals surface area (Å²) < 4.78 is 1.34. The molecule has 0 saturated carbocycles. The second kappa shape index (κ2) is 5.99. The van der Waals surface area contributed by atoms with Gasteiger partial charge in [0.25, 0.3) is 0 Å². The van der Waals surface area contributed by atoms with Gasteiger partial charge in [0, 0.05) is 12.6 Å². The predicted molar refractivity (Wildman–Crippen MR) is 77.6 cm³/mol. The molecule has 2 heterocycles. The van der Waals surface area contributed by atoms with Crippen LogP contribution in [0.3, 0.4) is 0 Å². The van der Waals surface area contributed by atoms with Crippen LogP contribution in [0, 0.1) is 0 Å². The standard InChI is InChI=1S/C14H22N2O2S/c1-3-12(4-2)16-8-6-11(15-16)10-14(13(17)18)7-5-9-19-14/h6,8,12H,3-5,7,9-10H2,1-2H3,(H,17,18). The van der Waals surface area contributed by atoms with E-state index in [4.69, 9.17) is 0 Å². The molecule has 4 nitrogen and oxygen atoms in total. The molecule has 0 radical (unpaired) electrons. The Kier molecular flexibility index (Phi) is 4.55. The van der Waals surface area contributed by atoms with Gasteiger partial charge < -0.3 is 5.11 Å². The minimum absolute atomic E-state index is 0.422. The Morgan fingerprint density at radius 1 is 1.58 bits per heavy atom. The molecule has 0 spiro atoms. The van der Waals surface area contributed by atoms with Crippen molar-refractivity contribution < 1.29 is 9.90 Å². The zero-order chi connectivity index (χ0) is 13.9. The summed E-state index contributed by atoms with van der Waals surface area (Å²) in [7, 11) is 0. The lowest BCUT2D eigenvalue weighted by atomic mass is 9.97. The van der Waals surface area contributed by atoms with Crippen LogP contribution in [-0.4, -0.2) is 31.4 Å². The van der Waals surface area contributed by atoms with E-state index in [-0.39, 0.29) is 0 Å². The topological polar surface area (TPSA) is 55.1 Å². The molecule has 0 aromatic carbocycles. The molecule has 106 valence electrons. The van der Waals surface area contributed by atoms with E-state index in [0.29, 0.717) is 12.5 Å². The average Bonchev–Trinajstić information content (AvgIpc) is 3.02. The minimum Gasteiger partial charge on any atom is -0.480 e. The molecule has 1 aliphatic heterocycles. The zero-order valence-corrected chi connectivity index (χ0v) is 12.4. The fraction of sp³-hybridized carbons (Fsp3) is 0.714. The Hall–Kier alpha value is -0.970. The van der Waals surface area contributed by atoms with E-state index in [1.807, 2.05) is 16.9 Å². The summed E-state index contributed by atoms with van der Waals surface area (Å²) in [6.45, 7) is 4.31. The van der Waals surface area contributed by atoms with Crippen LogP contribution in [-0.2, 0) is 11.2 Å². The lowest BCUT2D eigenvalue weighted by Crippen LogP contribution is -2.35. The molecule has 19 heavy (non-hydrogen) atoms. The summed E-state index contributed by atoms with van der Waals surface area (Å²) >= 11 is 1.57. The van der Waals surface area contributed by atoms with Crippen LogP contribution >= 0.6 is 11.8 Å². The number of hydrogen-bond donors (Lipinski definition) is 1. The molecule has 1 aliphatic rings. The van der Waals surface area contributed by atoms with Crippen LogP contribution in [0.15, 0.2) is 12.3 Å². The molecule has 1 aromatic rings. The third kappa shape index (κ3) is 2.96. The first-order valence-electron chi connectivity index (χ1n) is 7.02. The fourth-order valence-corrected chi connectivity index (χ4v) is 4.05. The molecule has 1 aromatic heterocycles. The van der Waals surface area contributed by atoms with Crippen molar-refractivity contribution in [3.63, 3.8) is 0 Å². The van der Waals surface area contributed by atoms with Gasteiger partial charge in [-0.15, -0.1) is 11.8 Å². The first kappa shape index (κ1) is 14.4. The van der Waals surface area contributed by atoms with Crippen LogP contribution in [0.2, 0.25) is 0 Å². The molecule has 1 atom stereocenters. The van der Waals surface area contributed by atoms with Crippen molar-refractivity contribution in [1.82, 2.24) is 9.78 Å². The zero-order valence-electron chi connectivity index (χ0n) is 11.6. The van der Waals surface area contributed by atoms with Crippen molar-refractivity contribution in [2.75, 3.05) is 5.75 Å². The molecule has 1 unspecified atom stereocenters. The van der Waals surface area contributed by atoms with Crippen molar-refractivity contribution >= 4 is 17.7 Å². The normalized spacial score (nSPS) is 23.1. The van der Waals surface area contributed by atoms with Gasteiger partial charge in [-0.05, 0) is 37.5 Å². The van der Waals surface area contributed by atoms with Crippen LogP contribution in [0.1, 0.15) is 51.3 Å². The molecule has 0 bridgehead atoms. The number of hydrogen-bond acceptors (Lipinski definition) is 3. The number of thioether (sulfide) groups is 1. The van der Waals surface area contributed by atoms with Crippen molar-refractivity contribution in [1.29, 1.82) is 0 Å². The van der Waals surface area contributed by atoms with E-state index in [1.165, 1.54) is 0 Å². The number of carboxylic acids is 1. The van der Waals surface area contributed by atoms with Gasteiger partial charge in [-0.2, -0.15) is 5.10 Å². The largest absolute Gasteiger partial charge is 0.480 e. The Bertz CT molecular complexity index is 434. The smallest absolute Gasteiger partial charge is 0.320 e. The number of carboxylic acid groups (broad SMARTS) is 1. The number of rotatable bonds is 6. The third-order valence-corrected chi connectivity index (χ3v) is 5.51. The van der Waals surface area contributed by atoms with Gasteiger partial charge in [0.15, 0.2) is 0 Å². The lowest BCUT2D eigenvalue weighted by molar-refractivity contribution is -0.139. The summed E-state index contributed by atoms with van der Waals surface area (Å²) in [5.74, 6) is 0.256. The highest BCUT2D eigenvalue weighted by Gasteiger charge is 2.42. The maximum atomic E-state index is 11.5. The Labute approximate surface area is 118 Å². The summed E-state index contributed by atoms with van der Waals surface area (Å²) in [5.41, 5.74) is 0.906. The Balaban J connectivity index is 2.12. The molecule has 0 aliphatic carbocycles. The molecule has 2 rings (SSSR count). The molecule has 1 N–H and O–H groups in total. The summed E-state index contributed by atoms with van der Waals surface area (Å²) in [5, 5.41) is 14.1. The minimum atomic E-state index is -0.688. The Morgan fingerprint density at radius 3 is 2.84 bits per heavy atom. The van der Waals surface area contributed by atoms with Gasteiger partial charge in [-0.3, -0.25) is 9.48 Å². The van der Waals surface area contributed by atoms with Crippen LogP contribution in [0.25, 0.3) is 0 Å². The summed E-state index contributed by atoms with van der Waals surface area (Å²) in [6.07, 6.45) is 6.38. The van der Waals surface area contributed by atoms with E-state index < -0.39 is 10.7 Å². The maximum Gasteiger partial charge on any atom is 0.320 e. The van der Waals surface area contributed by atoms with Crippen LogP contribution < -0.4 is 0 Å². The number of carbonyl (C=O) groups is 1. The van der Waals surface area contributed by atoms with Gasteiger partial charge in [0.05, 0.1) is 11.7 Å². The van der Waals surface area contributed by atoms with Gasteiger partial charge in [0.2, 0.25) is 0 Å². The quantitative estimate of drug-likeness (QED) is 0.871. The molecule has 1 fully saturated rings. The van der Waals surface area contributed by atoms with Crippen molar-refractivity contribution in [2.24, 2.45) is 0 Å². The van der Waals surface area contributed by atoms with Gasteiger partial charge in [-0.25, -0.2) is 0 Å². The van der Waals surface area contributed by atoms with Gasteiger partial charge >= 0.3 is 5.97 Å². The number of aromatic nitrogens is 2. The molecule has 0 amide bonds. The third-order valence-electron chi connectivity index (χ3n) is 3.94. The first-order valence-corrected chi connectivity index (χ1v) is 8.01.